The number of ketones is 1. The summed E-state index contributed by atoms with van der Waals surface area (Å²) in [6, 6.07) is 0. The van der Waals surface area contributed by atoms with Crippen molar-refractivity contribution in [1.82, 2.24) is 0 Å². The van der Waals surface area contributed by atoms with Crippen molar-refractivity contribution >= 4 is 5.78 Å². The quantitative estimate of drug-likeness (QED) is 0.465. The van der Waals surface area contributed by atoms with E-state index in [0.717, 1.165) is 11.1 Å². The number of hydrogen-bond acceptors (Lipinski definition) is 1. The molecule has 0 aliphatic heterocycles. The molecule has 1 aliphatic carbocycles. The minimum Gasteiger partial charge on any atom is -0.295 e. The van der Waals surface area contributed by atoms with Gasteiger partial charge in [-0.3, -0.25) is 4.79 Å². The van der Waals surface area contributed by atoms with Crippen LogP contribution in [0.3, 0.4) is 0 Å². The lowest BCUT2D eigenvalue weighted by Crippen LogP contribution is -1.89. The predicted octanol–water partition coefficient (Wildman–Crippen LogP) is 1.69. The number of hydrogen-bond donors (Lipinski definition) is 0. The summed E-state index contributed by atoms with van der Waals surface area (Å²) in [6.07, 6.45) is 0.148. The van der Waals surface area contributed by atoms with Crippen LogP contribution in [-0.2, 0) is 4.79 Å². The van der Waals surface area contributed by atoms with Crippen LogP contribution in [0.5, 0.6) is 0 Å². The van der Waals surface area contributed by atoms with E-state index in [1.54, 1.807) is 6.92 Å². The summed E-state index contributed by atoms with van der Waals surface area (Å²) in [5, 5.41) is 0. The summed E-state index contributed by atoms with van der Waals surface area (Å²) in [7, 11) is 0. The molecule has 1 aliphatic rings. The van der Waals surface area contributed by atoms with Crippen LogP contribution in [0.25, 0.3) is 0 Å². The molecule has 1 heteroatoms. The van der Waals surface area contributed by atoms with E-state index in [1.807, 2.05) is 6.92 Å². The maximum atomic E-state index is 10.8. The summed E-state index contributed by atoms with van der Waals surface area (Å²) in [6.45, 7) is 3.66. The molecule has 0 radical (unpaired) electrons. The molecule has 44 valence electrons. The van der Waals surface area contributed by atoms with Crippen LogP contribution in [0.4, 0.5) is 0 Å². The molecular formula is C7H10O. The molecule has 1 atom stereocenters. The monoisotopic (exact) mass is 111 g/mol. The van der Waals surface area contributed by atoms with Crippen molar-refractivity contribution in [1.29, 1.82) is 0 Å². The van der Waals surface area contributed by atoms with Gasteiger partial charge in [-0.1, -0.05) is 5.57 Å². The van der Waals surface area contributed by atoms with Gasteiger partial charge >= 0.3 is 0 Å². The maximum absolute atomic E-state index is 10.8. The number of rotatable bonds is 0. The van der Waals surface area contributed by atoms with Gasteiger partial charge in [-0.25, -0.2) is 0 Å². The highest BCUT2D eigenvalue weighted by Crippen LogP contribution is 2.20. The third-order valence-electron chi connectivity index (χ3n) is 1.60. The normalized spacial score (nSPS) is 31.5. The summed E-state index contributed by atoms with van der Waals surface area (Å²) in [5.41, 5.74) is 1.75. The molecule has 0 bridgehead atoms. The second-order valence-electron chi connectivity index (χ2n) is 2.14. The molecule has 0 aromatic rings. The van der Waals surface area contributed by atoms with Crippen molar-refractivity contribution in [3.63, 3.8) is 0 Å². The van der Waals surface area contributed by atoms with Crippen molar-refractivity contribution < 1.29 is 6.17 Å². The van der Waals surface area contributed by atoms with Crippen LogP contribution in [0.15, 0.2) is 11.1 Å². The van der Waals surface area contributed by atoms with E-state index in [1.165, 1.54) is 0 Å². The lowest BCUT2D eigenvalue weighted by Gasteiger charge is -1.86. The third kappa shape index (κ3) is 0.683. The Hall–Kier alpha value is -0.590. The van der Waals surface area contributed by atoms with Crippen LogP contribution in [0, 0.1) is 0 Å². The maximum Gasteiger partial charge on any atom is 0.158 e. The Morgan fingerprint density at radius 1 is 1.62 bits per heavy atom. The smallest absolute Gasteiger partial charge is 0.158 e. The SMILES string of the molecule is [2H]C1CC(=O)C(C)=C1C. The van der Waals surface area contributed by atoms with Gasteiger partial charge in [0, 0.05) is 7.79 Å². The molecule has 0 saturated heterocycles. The van der Waals surface area contributed by atoms with Gasteiger partial charge in [-0.15, -0.1) is 0 Å². The Kier molecular flexibility index (Phi) is 0.932. The fourth-order valence-electron chi connectivity index (χ4n) is 0.772. The summed E-state index contributed by atoms with van der Waals surface area (Å²) in [5.74, 6) is 0.146. The molecule has 0 amide bonds. The first-order chi connectivity index (χ1) is 4.13. The van der Waals surface area contributed by atoms with Gasteiger partial charge in [0.1, 0.15) is 0 Å². The zero-order valence-electron chi connectivity index (χ0n) is 6.19. The van der Waals surface area contributed by atoms with Crippen LogP contribution < -0.4 is 0 Å². The highest BCUT2D eigenvalue weighted by atomic mass is 16.1. The Bertz CT molecular complexity index is 181. The van der Waals surface area contributed by atoms with Crippen LogP contribution in [0.2, 0.25) is 0 Å². The molecule has 0 heterocycles. The van der Waals surface area contributed by atoms with E-state index < -0.39 is 0 Å². The fraction of sp³-hybridized carbons (Fsp3) is 0.571. The molecule has 8 heavy (non-hydrogen) atoms. The summed E-state index contributed by atoms with van der Waals surface area (Å²) >= 11 is 0. The van der Waals surface area contributed by atoms with Gasteiger partial charge in [-0.2, -0.15) is 0 Å². The standard InChI is InChI=1S/C7H10O/c1-5-3-4-7(8)6(5)2/h3-4H2,1-2H3/i3D. The lowest BCUT2D eigenvalue weighted by molar-refractivity contribution is -0.114. The molecule has 0 saturated carbocycles. The first-order valence-corrected chi connectivity index (χ1v) is 2.75. The highest BCUT2D eigenvalue weighted by Gasteiger charge is 2.14. The number of Topliss-reactive ketones (excluding diaryl/α,β-unsaturated/α-hetero) is 1. The van der Waals surface area contributed by atoms with Crippen molar-refractivity contribution in [3.8, 4) is 0 Å². The van der Waals surface area contributed by atoms with Crippen molar-refractivity contribution in [2.24, 2.45) is 0 Å². The lowest BCUT2D eigenvalue weighted by atomic mass is 10.2. The van der Waals surface area contributed by atoms with E-state index in [2.05, 4.69) is 0 Å². The van der Waals surface area contributed by atoms with Gasteiger partial charge in [-0.05, 0) is 25.8 Å². The Balaban J connectivity index is 2.92. The average Bonchev–Trinajstić information content (AvgIpc) is 1.98. The minimum atomic E-state index is -0.252. The Labute approximate surface area is 50.8 Å². The van der Waals surface area contributed by atoms with E-state index in [0.29, 0.717) is 6.42 Å². The average molecular weight is 111 g/mol. The van der Waals surface area contributed by atoms with Gasteiger partial charge in [0.2, 0.25) is 0 Å². The fourth-order valence-corrected chi connectivity index (χ4v) is 0.772. The van der Waals surface area contributed by atoms with E-state index in [4.69, 9.17) is 1.37 Å². The molecule has 0 N–H and O–H groups in total. The molecule has 0 fully saturated rings. The van der Waals surface area contributed by atoms with E-state index in [9.17, 15) is 4.79 Å². The number of allylic oxidation sites excluding steroid dienone is 2. The Morgan fingerprint density at radius 2 is 2.25 bits per heavy atom. The second kappa shape index (κ2) is 1.73. The molecule has 0 aromatic heterocycles. The highest BCUT2D eigenvalue weighted by molar-refractivity contribution is 5.97. The molecular weight excluding hydrogens is 100 g/mol. The van der Waals surface area contributed by atoms with Crippen LogP contribution in [0.1, 0.15) is 28.0 Å². The molecule has 0 aromatic carbocycles. The van der Waals surface area contributed by atoms with E-state index >= 15 is 0 Å². The largest absolute Gasteiger partial charge is 0.295 e. The van der Waals surface area contributed by atoms with Gasteiger partial charge in [0.25, 0.3) is 0 Å². The summed E-state index contributed by atoms with van der Waals surface area (Å²) in [4.78, 5) is 10.8. The van der Waals surface area contributed by atoms with Crippen LogP contribution >= 0.6 is 0 Å². The van der Waals surface area contributed by atoms with Crippen molar-refractivity contribution in [2.75, 3.05) is 0 Å². The van der Waals surface area contributed by atoms with Gasteiger partial charge in [0.15, 0.2) is 5.78 Å². The number of carbonyl (C=O) groups is 1. The minimum absolute atomic E-state index is 0.146. The summed E-state index contributed by atoms with van der Waals surface area (Å²) < 4.78 is 7.32. The molecule has 1 rings (SSSR count). The molecule has 0 spiro atoms. The predicted molar refractivity (Wildman–Crippen MR) is 32.6 cm³/mol. The molecule has 1 nitrogen and oxygen atoms in total. The zero-order chi connectivity index (χ0) is 7.02. The second-order valence-corrected chi connectivity index (χ2v) is 2.14. The van der Waals surface area contributed by atoms with Gasteiger partial charge < -0.3 is 0 Å². The van der Waals surface area contributed by atoms with Crippen LogP contribution in [-0.4, -0.2) is 5.78 Å². The Morgan fingerprint density at radius 3 is 2.38 bits per heavy atom. The first kappa shape index (κ1) is 4.30. The molecule has 1 unspecified atom stereocenters. The van der Waals surface area contributed by atoms with Crippen molar-refractivity contribution in [3.05, 3.63) is 11.1 Å². The zero-order valence-corrected chi connectivity index (χ0v) is 5.19. The van der Waals surface area contributed by atoms with Gasteiger partial charge in [0.05, 0.1) is 0 Å². The number of carbonyl (C=O) groups excluding carboxylic acids is 1. The topological polar surface area (TPSA) is 17.1 Å². The van der Waals surface area contributed by atoms with E-state index in [-0.39, 0.29) is 12.2 Å². The first-order valence-electron chi connectivity index (χ1n) is 3.33. The van der Waals surface area contributed by atoms with Crippen molar-refractivity contribution in [2.45, 2.75) is 26.7 Å². The third-order valence-corrected chi connectivity index (χ3v) is 1.60.